The molecule has 0 unspecified atom stereocenters. The van der Waals surface area contributed by atoms with Gasteiger partial charge in [-0.3, -0.25) is 9.78 Å². The number of rotatable bonds is 5. The van der Waals surface area contributed by atoms with E-state index < -0.39 is 11.7 Å². The number of halogens is 1. The monoisotopic (exact) mass is 310 g/mol. The van der Waals surface area contributed by atoms with Crippen LogP contribution < -0.4 is 10.1 Å². The van der Waals surface area contributed by atoms with Gasteiger partial charge in [0, 0.05) is 11.6 Å². The maximum atomic E-state index is 13.5. The fourth-order valence-corrected chi connectivity index (χ4v) is 2.26. The van der Waals surface area contributed by atoms with Gasteiger partial charge in [0.05, 0.1) is 12.1 Å². The smallest absolute Gasteiger partial charge is 0.254 e. The van der Waals surface area contributed by atoms with Crippen molar-refractivity contribution >= 4 is 16.8 Å². The molecule has 0 bridgehead atoms. The molecule has 0 atom stereocenters. The summed E-state index contributed by atoms with van der Waals surface area (Å²) in [7, 11) is 0. The van der Waals surface area contributed by atoms with Crippen LogP contribution in [-0.4, -0.2) is 24.0 Å². The number of aromatic nitrogens is 1. The lowest BCUT2D eigenvalue weighted by Gasteiger charge is -2.09. The van der Waals surface area contributed by atoms with Gasteiger partial charge in [-0.1, -0.05) is 30.3 Å². The summed E-state index contributed by atoms with van der Waals surface area (Å²) in [6.07, 6.45) is 1.70. The fourth-order valence-electron chi connectivity index (χ4n) is 2.26. The Balaban J connectivity index is 1.57. The molecular weight excluding hydrogens is 295 g/mol. The number of hydrogen-bond donors (Lipinski definition) is 1. The minimum Gasteiger partial charge on any atom is -0.489 e. The van der Waals surface area contributed by atoms with Crippen LogP contribution in [0.3, 0.4) is 0 Å². The molecule has 1 amide bonds. The van der Waals surface area contributed by atoms with Crippen molar-refractivity contribution in [1.29, 1.82) is 0 Å². The van der Waals surface area contributed by atoms with Crippen LogP contribution in [0.25, 0.3) is 10.9 Å². The number of pyridine rings is 1. The minimum atomic E-state index is -0.538. The van der Waals surface area contributed by atoms with E-state index in [2.05, 4.69) is 10.3 Å². The average molecular weight is 310 g/mol. The van der Waals surface area contributed by atoms with E-state index in [0.717, 1.165) is 10.9 Å². The Kier molecular flexibility index (Phi) is 4.47. The Morgan fingerprint density at radius 3 is 2.78 bits per heavy atom. The number of para-hydroxylation sites is 1. The first-order chi connectivity index (χ1) is 11.3. The molecule has 0 saturated heterocycles. The van der Waals surface area contributed by atoms with E-state index in [-0.39, 0.29) is 18.7 Å². The second-order valence-corrected chi connectivity index (χ2v) is 4.92. The van der Waals surface area contributed by atoms with Crippen LogP contribution in [0.5, 0.6) is 5.75 Å². The Morgan fingerprint density at radius 2 is 1.91 bits per heavy atom. The van der Waals surface area contributed by atoms with E-state index in [1.165, 1.54) is 12.1 Å². The molecule has 1 aromatic heterocycles. The van der Waals surface area contributed by atoms with Crippen molar-refractivity contribution < 1.29 is 13.9 Å². The predicted molar refractivity (Wildman–Crippen MR) is 86.0 cm³/mol. The van der Waals surface area contributed by atoms with Gasteiger partial charge in [0.25, 0.3) is 5.91 Å². The summed E-state index contributed by atoms with van der Waals surface area (Å²) in [5, 5.41) is 3.62. The number of hydrogen-bond acceptors (Lipinski definition) is 3. The Labute approximate surface area is 132 Å². The first-order valence-corrected chi connectivity index (χ1v) is 7.25. The van der Waals surface area contributed by atoms with E-state index in [1.54, 1.807) is 18.3 Å². The largest absolute Gasteiger partial charge is 0.489 e. The van der Waals surface area contributed by atoms with E-state index in [0.29, 0.717) is 5.75 Å². The van der Waals surface area contributed by atoms with Crippen molar-refractivity contribution in [3.8, 4) is 5.75 Å². The second kappa shape index (κ2) is 6.87. The zero-order chi connectivity index (χ0) is 16.1. The summed E-state index contributed by atoms with van der Waals surface area (Å²) in [4.78, 5) is 16.2. The third-order valence-electron chi connectivity index (χ3n) is 3.36. The summed E-state index contributed by atoms with van der Waals surface area (Å²) >= 11 is 0. The third-order valence-corrected chi connectivity index (χ3v) is 3.36. The number of ether oxygens (including phenoxy) is 1. The van der Waals surface area contributed by atoms with Gasteiger partial charge in [0.15, 0.2) is 0 Å². The summed E-state index contributed by atoms with van der Waals surface area (Å²) in [6, 6.07) is 15.3. The summed E-state index contributed by atoms with van der Waals surface area (Å²) in [5.41, 5.74) is 0.801. The van der Waals surface area contributed by atoms with Gasteiger partial charge in [-0.2, -0.15) is 0 Å². The molecular formula is C18H15FN2O2. The van der Waals surface area contributed by atoms with Gasteiger partial charge >= 0.3 is 0 Å². The van der Waals surface area contributed by atoms with E-state index in [4.69, 9.17) is 4.74 Å². The van der Waals surface area contributed by atoms with Gasteiger partial charge in [-0.25, -0.2) is 4.39 Å². The molecule has 1 heterocycles. The quantitative estimate of drug-likeness (QED) is 0.736. The molecule has 5 heteroatoms. The number of fused-ring (bicyclic) bond motifs is 1. The van der Waals surface area contributed by atoms with Crippen LogP contribution in [0.4, 0.5) is 4.39 Å². The van der Waals surface area contributed by atoms with Crippen LogP contribution in [0.1, 0.15) is 10.4 Å². The van der Waals surface area contributed by atoms with Gasteiger partial charge < -0.3 is 10.1 Å². The molecule has 4 nitrogen and oxygen atoms in total. The topological polar surface area (TPSA) is 51.2 Å². The predicted octanol–water partition coefficient (Wildman–Crippen LogP) is 3.18. The lowest BCUT2D eigenvalue weighted by Crippen LogP contribution is -2.28. The van der Waals surface area contributed by atoms with Crippen molar-refractivity contribution in [3.63, 3.8) is 0 Å². The maximum absolute atomic E-state index is 13.5. The van der Waals surface area contributed by atoms with Crippen molar-refractivity contribution in [2.45, 2.75) is 0 Å². The van der Waals surface area contributed by atoms with Crippen LogP contribution in [0.2, 0.25) is 0 Å². The Hall–Kier alpha value is -2.95. The summed E-state index contributed by atoms with van der Waals surface area (Å²) < 4.78 is 19.2. The van der Waals surface area contributed by atoms with Gasteiger partial charge in [-0.15, -0.1) is 0 Å². The zero-order valence-electron chi connectivity index (χ0n) is 12.3. The Morgan fingerprint density at radius 1 is 1.09 bits per heavy atom. The SMILES string of the molecule is O=C(NCCOc1cccc2cccnc12)c1ccccc1F. The maximum Gasteiger partial charge on any atom is 0.254 e. The first-order valence-electron chi connectivity index (χ1n) is 7.25. The van der Waals surface area contributed by atoms with Gasteiger partial charge in [0.2, 0.25) is 0 Å². The first kappa shape index (κ1) is 15.0. The lowest BCUT2D eigenvalue weighted by atomic mass is 10.2. The molecule has 3 rings (SSSR count). The molecule has 0 radical (unpaired) electrons. The summed E-state index contributed by atoms with van der Waals surface area (Å²) in [5.74, 6) is -0.338. The summed E-state index contributed by atoms with van der Waals surface area (Å²) in [6.45, 7) is 0.548. The molecule has 23 heavy (non-hydrogen) atoms. The number of nitrogens with zero attached hydrogens (tertiary/aromatic N) is 1. The molecule has 116 valence electrons. The standard InChI is InChI=1S/C18H15FN2O2/c19-15-8-2-1-7-14(15)18(22)21-11-12-23-16-9-3-5-13-6-4-10-20-17(13)16/h1-10H,11-12H2,(H,21,22). The lowest BCUT2D eigenvalue weighted by molar-refractivity contribution is 0.0943. The number of carbonyl (C=O) groups excluding carboxylic acids is 1. The third kappa shape index (κ3) is 3.45. The molecule has 0 saturated carbocycles. The highest BCUT2D eigenvalue weighted by molar-refractivity contribution is 5.94. The molecule has 1 N–H and O–H groups in total. The fraction of sp³-hybridized carbons (Fsp3) is 0.111. The van der Waals surface area contributed by atoms with Gasteiger partial charge in [-0.05, 0) is 24.3 Å². The number of carbonyl (C=O) groups is 1. The molecule has 0 aliphatic rings. The van der Waals surface area contributed by atoms with Crippen molar-refractivity contribution in [2.75, 3.05) is 13.2 Å². The van der Waals surface area contributed by atoms with Crippen LogP contribution in [-0.2, 0) is 0 Å². The van der Waals surface area contributed by atoms with Crippen molar-refractivity contribution in [1.82, 2.24) is 10.3 Å². The van der Waals surface area contributed by atoms with Crippen LogP contribution in [0, 0.1) is 5.82 Å². The van der Waals surface area contributed by atoms with Crippen molar-refractivity contribution in [3.05, 3.63) is 72.2 Å². The van der Waals surface area contributed by atoms with E-state index in [9.17, 15) is 9.18 Å². The number of benzene rings is 2. The van der Waals surface area contributed by atoms with E-state index in [1.807, 2.05) is 30.3 Å². The van der Waals surface area contributed by atoms with Crippen LogP contribution >= 0.6 is 0 Å². The average Bonchev–Trinajstić information content (AvgIpc) is 2.59. The molecule has 0 fully saturated rings. The molecule has 0 aliphatic carbocycles. The number of amides is 1. The van der Waals surface area contributed by atoms with Crippen molar-refractivity contribution in [2.24, 2.45) is 0 Å². The minimum absolute atomic E-state index is 0.0272. The van der Waals surface area contributed by atoms with Gasteiger partial charge in [0.1, 0.15) is 23.7 Å². The highest BCUT2D eigenvalue weighted by atomic mass is 19.1. The Bertz CT molecular complexity index is 831. The zero-order valence-corrected chi connectivity index (χ0v) is 12.3. The molecule has 2 aromatic carbocycles. The normalized spacial score (nSPS) is 10.5. The molecule has 0 spiro atoms. The van der Waals surface area contributed by atoms with E-state index >= 15 is 0 Å². The van der Waals surface area contributed by atoms with Crippen LogP contribution in [0.15, 0.2) is 60.8 Å². The number of nitrogens with one attached hydrogen (secondary N) is 1. The highest BCUT2D eigenvalue weighted by Crippen LogP contribution is 2.22. The molecule has 0 aliphatic heterocycles. The second-order valence-electron chi connectivity index (χ2n) is 4.92. The molecule has 3 aromatic rings. The highest BCUT2D eigenvalue weighted by Gasteiger charge is 2.10.